The number of nitrogens with two attached hydrogens (primary N) is 1. The molecule has 1 rings (SSSR count). The van der Waals surface area contributed by atoms with E-state index < -0.39 is 0 Å². The quantitative estimate of drug-likeness (QED) is 0.644. The predicted octanol–water partition coefficient (Wildman–Crippen LogP) is 2.26. The van der Waals surface area contributed by atoms with Gasteiger partial charge in [-0.3, -0.25) is 4.79 Å². The van der Waals surface area contributed by atoms with E-state index in [2.05, 4.69) is 0 Å². The molecule has 2 N–H and O–H groups in total. The van der Waals surface area contributed by atoms with Crippen LogP contribution in [0.15, 0.2) is 12.1 Å². The van der Waals surface area contributed by atoms with E-state index in [0.29, 0.717) is 5.75 Å². The number of esters is 1. The molecule has 0 heterocycles. The van der Waals surface area contributed by atoms with Gasteiger partial charge in [-0.25, -0.2) is 0 Å². The summed E-state index contributed by atoms with van der Waals surface area (Å²) in [6.07, 6.45) is 0. The number of rotatable bonds is 4. The topological polar surface area (TPSA) is 61.5 Å². The second-order valence-corrected chi connectivity index (χ2v) is 4.44. The van der Waals surface area contributed by atoms with E-state index in [-0.39, 0.29) is 18.5 Å². The number of ether oxygens (including phenoxy) is 1. The molecular formula is C13H19NO3. The second-order valence-electron chi connectivity index (χ2n) is 4.44. The lowest BCUT2D eigenvalue weighted by Crippen LogP contribution is -2.12. The molecule has 1 aromatic rings. The van der Waals surface area contributed by atoms with Gasteiger partial charge in [0, 0.05) is 0 Å². The highest BCUT2D eigenvalue weighted by Crippen LogP contribution is 2.24. The van der Waals surface area contributed by atoms with Crippen molar-refractivity contribution >= 4 is 5.97 Å². The highest BCUT2D eigenvalue weighted by Gasteiger charge is 2.10. The second kappa shape index (κ2) is 5.68. The van der Waals surface area contributed by atoms with Gasteiger partial charge < -0.3 is 9.57 Å². The van der Waals surface area contributed by atoms with E-state index in [1.165, 1.54) is 0 Å². The van der Waals surface area contributed by atoms with Crippen molar-refractivity contribution < 1.29 is 14.4 Å². The summed E-state index contributed by atoms with van der Waals surface area (Å²) >= 11 is 0. The number of carbonyl (C=O) groups excluding carboxylic acids is 1. The normalized spacial score (nSPS) is 10.5. The van der Waals surface area contributed by atoms with Crippen molar-refractivity contribution in [2.45, 2.75) is 34.3 Å². The molecule has 0 atom stereocenters. The summed E-state index contributed by atoms with van der Waals surface area (Å²) < 4.78 is 5.16. The van der Waals surface area contributed by atoms with Gasteiger partial charge in [-0.05, 0) is 42.7 Å². The molecule has 0 saturated heterocycles. The van der Waals surface area contributed by atoms with Gasteiger partial charge in [0.1, 0.15) is 6.61 Å². The minimum absolute atomic E-state index is 0.108. The number of hydrogen-bond donors (Lipinski definition) is 1. The van der Waals surface area contributed by atoms with Crippen LogP contribution in [0.1, 0.15) is 30.5 Å². The summed E-state index contributed by atoms with van der Waals surface area (Å²) in [6, 6.07) is 3.81. The van der Waals surface area contributed by atoms with Gasteiger partial charge in [0.2, 0.25) is 0 Å². The Morgan fingerprint density at radius 2 is 1.82 bits per heavy atom. The van der Waals surface area contributed by atoms with Gasteiger partial charge in [0.25, 0.3) is 0 Å². The first kappa shape index (κ1) is 13.5. The van der Waals surface area contributed by atoms with E-state index in [1.54, 1.807) is 0 Å². The molecule has 4 nitrogen and oxygen atoms in total. The summed E-state index contributed by atoms with van der Waals surface area (Å²) in [6.45, 7) is 7.71. The monoisotopic (exact) mass is 237 g/mol. The highest BCUT2D eigenvalue weighted by atomic mass is 16.6. The molecular weight excluding hydrogens is 218 g/mol. The fourth-order valence-electron chi connectivity index (χ4n) is 1.63. The van der Waals surface area contributed by atoms with Crippen LogP contribution in [0, 0.1) is 19.8 Å². The van der Waals surface area contributed by atoms with Crippen molar-refractivity contribution in [3.63, 3.8) is 0 Å². The third-order valence-corrected chi connectivity index (χ3v) is 2.49. The molecule has 0 amide bonds. The Kier molecular flexibility index (Phi) is 4.52. The summed E-state index contributed by atoms with van der Waals surface area (Å²) in [7, 11) is 0. The molecule has 0 saturated carbocycles. The van der Waals surface area contributed by atoms with Crippen LogP contribution < -0.4 is 10.7 Å². The zero-order valence-corrected chi connectivity index (χ0v) is 10.7. The molecule has 0 unspecified atom stereocenters. The molecule has 0 aliphatic heterocycles. The van der Waals surface area contributed by atoms with Gasteiger partial charge in [0.15, 0.2) is 5.75 Å². The van der Waals surface area contributed by atoms with Gasteiger partial charge >= 0.3 is 5.97 Å². The van der Waals surface area contributed by atoms with Crippen LogP contribution in [-0.2, 0) is 16.1 Å². The Labute approximate surface area is 102 Å². The minimum Gasteiger partial charge on any atom is -0.461 e. The SMILES string of the molecule is Cc1cc(COC(=O)C(C)C)cc(C)c1ON. The zero-order valence-electron chi connectivity index (χ0n) is 10.7. The maximum Gasteiger partial charge on any atom is 0.308 e. The maximum absolute atomic E-state index is 11.3. The van der Waals surface area contributed by atoms with Crippen molar-refractivity contribution in [1.82, 2.24) is 0 Å². The van der Waals surface area contributed by atoms with Gasteiger partial charge in [-0.1, -0.05) is 13.8 Å². The van der Waals surface area contributed by atoms with Gasteiger partial charge in [0.05, 0.1) is 5.92 Å². The summed E-state index contributed by atoms with van der Waals surface area (Å²) in [5.74, 6) is 5.55. The Hall–Kier alpha value is -1.55. The molecule has 0 spiro atoms. The van der Waals surface area contributed by atoms with E-state index in [4.69, 9.17) is 15.5 Å². The van der Waals surface area contributed by atoms with Crippen LogP contribution in [0.5, 0.6) is 5.75 Å². The molecule has 1 aromatic carbocycles. The first-order chi connectivity index (χ1) is 7.95. The van der Waals surface area contributed by atoms with Crippen LogP contribution in [0.4, 0.5) is 0 Å². The molecule has 94 valence electrons. The third kappa shape index (κ3) is 3.46. The van der Waals surface area contributed by atoms with Crippen molar-refractivity contribution in [2.24, 2.45) is 11.8 Å². The Morgan fingerprint density at radius 3 is 2.24 bits per heavy atom. The molecule has 4 heteroatoms. The molecule has 0 aliphatic rings. The Morgan fingerprint density at radius 1 is 1.29 bits per heavy atom. The predicted molar refractivity (Wildman–Crippen MR) is 65.4 cm³/mol. The molecule has 17 heavy (non-hydrogen) atoms. The van der Waals surface area contributed by atoms with Crippen molar-refractivity contribution in [1.29, 1.82) is 0 Å². The molecule has 0 radical (unpaired) electrons. The molecule has 0 bridgehead atoms. The molecule has 0 fully saturated rings. The molecule has 0 aliphatic carbocycles. The largest absolute Gasteiger partial charge is 0.461 e. The number of hydrogen-bond acceptors (Lipinski definition) is 4. The average Bonchev–Trinajstić information content (AvgIpc) is 2.25. The van der Waals surface area contributed by atoms with E-state index in [9.17, 15) is 4.79 Å². The highest BCUT2D eigenvalue weighted by molar-refractivity contribution is 5.71. The fourth-order valence-corrected chi connectivity index (χ4v) is 1.63. The third-order valence-electron chi connectivity index (χ3n) is 2.49. The van der Waals surface area contributed by atoms with Crippen LogP contribution in [0.3, 0.4) is 0 Å². The van der Waals surface area contributed by atoms with Crippen LogP contribution >= 0.6 is 0 Å². The standard InChI is InChI=1S/C13H19NO3/c1-8(2)13(15)16-7-11-5-9(3)12(17-14)10(4)6-11/h5-6,8H,7,14H2,1-4H3. The van der Waals surface area contributed by atoms with Gasteiger partial charge in [-0.15, -0.1) is 0 Å². The summed E-state index contributed by atoms with van der Waals surface area (Å²) in [5.41, 5.74) is 2.81. The Bertz CT molecular complexity index is 390. The van der Waals surface area contributed by atoms with Crippen LogP contribution in [-0.4, -0.2) is 5.97 Å². The Balaban J connectivity index is 2.77. The lowest BCUT2D eigenvalue weighted by Gasteiger charge is -2.11. The lowest BCUT2D eigenvalue weighted by atomic mass is 10.1. The fraction of sp³-hybridized carbons (Fsp3) is 0.462. The van der Waals surface area contributed by atoms with E-state index in [1.807, 2.05) is 39.8 Å². The zero-order chi connectivity index (χ0) is 13.0. The summed E-state index contributed by atoms with van der Waals surface area (Å²) in [4.78, 5) is 16.1. The first-order valence-electron chi connectivity index (χ1n) is 5.59. The number of aryl methyl sites for hydroxylation is 2. The smallest absolute Gasteiger partial charge is 0.308 e. The maximum atomic E-state index is 11.3. The number of carbonyl (C=O) groups is 1. The first-order valence-corrected chi connectivity index (χ1v) is 5.59. The van der Waals surface area contributed by atoms with E-state index in [0.717, 1.165) is 16.7 Å². The van der Waals surface area contributed by atoms with Crippen molar-refractivity contribution in [3.05, 3.63) is 28.8 Å². The minimum atomic E-state index is -0.195. The van der Waals surface area contributed by atoms with Crippen molar-refractivity contribution in [2.75, 3.05) is 0 Å². The van der Waals surface area contributed by atoms with Crippen LogP contribution in [0.25, 0.3) is 0 Å². The summed E-state index contributed by atoms with van der Waals surface area (Å²) in [5, 5.41) is 0. The van der Waals surface area contributed by atoms with Crippen LogP contribution in [0.2, 0.25) is 0 Å². The van der Waals surface area contributed by atoms with Crippen molar-refractivity contribution in [3.8, 4) is 5.75 Å². The molecule has 0 aromatic heterocycles. The van der Waals surface area contributed by atoms with Gasteiger partial charge in [-0.2, -0.15) is 5.90 Å². The lowest BCUT2D eigenvalue weighted by molar-refractivity contribution is -0.148. The average molecular weight is 237 g/mol. The van der Waals surface area contributed by atoms with E-state index >= 15 is 0 Å². The number of benzene rings is 1.